The summed E-state index contributed by atoms with van der Waals surface area (Å²) in [4.78, 5) is 26.9. The average molecular weight is 341 g/mol. The predicted molar refractivity (Wildman–Crippen MR) is 87.8 cm³/mol. The summed E-state index contributed by atoms with van der Waals surface area (Å²) in [5, 5.41) is 3.21. The highest BCUT2D eigenvalue weighted by molar-refractivity contribution is 6.31. The maximum Gasteiger partial charge on any atom is 0.239 e. The molecule has 1 aliphatic rings. The van der Waals surface area contributed by atoms with Crippen molar-refractivity contribution in [3.8, 4) is 5.75 Å². The van der Waals surface area contributed by atoms with Gasteiger partial charge in [0.15, 0.2) is 0 Å². The van der Waals surface area contributed by atoms with E-state index in [0.717, 1.165) is 0 Å². The molecular formula is C16H21ClN2O4. The highest BCUT2D eigenvalue weighted by atomic mass is 35.5. The summed E-state index contributed by atoms with van der Waals surface area (Å²) < 4.78 is 10.4. The summed E-state index contributed by atoms with van der Waals surface area (Å²) in [5.74, 6) is -0.147. The Labute approximate surface area is 140 Å². The first-order valence-corrected chi connectivity index (χ1v) is 7.76. The molecule has 7 heteroatoms. The topological polar surface area (TPSA) is 67.9 Å². The van der Waals surface area contributed by atoms with Gasteiger partial charge in [-0.1, -0.05) is 11.6 Å². The number of nitrogens with one attached hydrogen (secondary N) is 1. The molecule has 0 radical (unpaired) electrons. The van der Waals surface area contributed by atoms with E-state index in [-0.39, 0.29) is 5.91 Å². The van der Waals surface area contributed by atoms with Crippen LogP contribution in [-0.4, -0.2) is 50.1 Å². The van der Waals surface area contributed by atoms with Crippen LogP contribution in [0.3, 0.4) is 0 Å². The number of anilines is 1. The molecule has 0 atom stereocenters. The van der Waals surface area contributed by atoms with Crippen LogP contribution in [0.2, 0.25) is 5.02 Å². The van der Waals surface area contributed by atoms with Gasteiger partial charge in [0.1, 0.15) is 11.2 Å². The summed E-state index contributed by atoms with van der Waals surface area (Å²) >= 11 is 5.96. The number of carbonyl (C=O) groups excluding carboxylic acids is 2. The predicted octanol–water partition coefficient (Wildman–Crippen LogP) is 2.17. The Bertz CT molecular complexity index is 598. The number of amides is 2. The van der Waals surface area contributed by atoms with E-state index in [1.807, 2.05) is 0 Å². The SMILES string of the molecule is COc1ccc(Cl)cc1NC(=O)C(C)(C)C(=O)N1CCOCC1. The van der Waals surface area contributed by atoms with Crippen molar-refractivity contribution in [2.45, 2.75) is 13.8 Å². The fourth-order valence-electron chi connectivity index (χ4n) is 2.32. The van der Waals surface area contributed by atoms with Crippen LogP contribution in [0.1, 0.15) is 13.8 Å². The number of ether oxygens (including phenoxy) is 2. The first-order chi connectivity index (χ1) is 10.9. The van der Waals surface area contributed by atoms with Gasteiger partial charge < -0.3 is 19.7 Å². The summed E-state index contributed by atoms with van der Waals surface area (Å²) in [6.45, 7) is 5.19. The Morgan fingerprint density at radius 2 is 1.96 bits per heavy atom. The molecular weight excluding hydrogens is 320 g/mol. The van der Waals surface area contributed by atoms with Crippen molar-refractivity contribution in [3.05, 3.63) is 23.2 Å². The third-order valence-corrected chi connectivity index (χ3v) is 4.05. The summed E-state index contributed by atoms with van der Waals surface area (Å²) in [6.07, 6.45) is 0. The largest absolute Gasteiger partial charge is 0.495 e. The van der Waals surface area contributed by atoms with Crippen LogP contribution < -0.4 is 10.1 Å². The number of hydrogen-bond acceptors (Lipinski definition) is 4. The van der Waals surface area contributed by atoms with Gasteiger partial charge in [0.2, 0.25) is 11.8 Å². The van der Waals surface area contributed by atoms with Crippen molar-refractivity contribution in [1.29, 1.82) is 0 Å². The maximum absolute atomic E-state index is 12.6. The van der Waals surface area contributed by atoms with E-state index in [0.29, 0.717) is 42.8 Å². The molecule has 0 bridgehead atoms. The lowest BCUT2D eigenvalue weighted by atomic mass is 9.90. The normalized spacial score (nSPS) is 15.2. The molecule has 23 heavy (non-hydrogen) atoms. The highest BCUT2D eigenvalue weighted by Crippen LogP contribution is 2.30. The Hall–Kier alpha value is -1.79. The Morgan fingerprint density at radius 3 is 2.57 bits per heavy atom. The fraction of sp³-hybridized carbons (Fsp3) is 0.500. The summed E-state index contributed by atoms with van der Waals surface area (Å²) in [5.41, 5.74) is -0.766. The highest BCUT2D eigenvalue weighted by Gasteiger charge is 2.39. The first-order valence-electron chi connectivity index (χ1n) is 7.38. The second-order valence-corrected chi connectivity index (χ2v) is 6.26. The quantitative estimate of drug-likeness (QED) is 0.853. The van der Waals surface area contributed by atoms with Crippen molar-refractivity contribution in [3.63, 3.8) is 0 Å². The van der Waals surface area contributed by atoms with Crippen molar-refractivity contribution in [2.75, 3.05) is 38.7 Å². The number of nitrogens with zero attached hydrogens (tertiary/aromatic N) is 1. The molecule has 1 saturated heterocycles. The molecule has 1 N–H and O–H groups in total. The van der Waals surface area contributed by atoms with E-state index in [1.165, 1.54) is 7.11 Å². The zero-order chi connectivity index (χ0) is 17.0. The zero-order valence-corrected chi connectivity index (χ0v) is 14.3. The molecule has 1 aliphatic heterocycles. The Kier molecular flexibility index (Phi) is 5.49. The van der Waals surface area contributed by atoms with Crippen LogP contribution in [0.5, 0.6) is 5.75 Å². The van der Waals surface area contributed by atoms with E-state index < -0.39 is 11.3 Å². The minimum Gasteiger partial charge on any atom is -0.495 e. The Balaban J connectivity index is 2.15. The molecule has 2 rings (SSSR count). The van der Waals surface area contributed by atoms with Gasteiger partial charge in [0, 0.05) is 18.1 Å². The van der Waals surface area contributed by atoms with Crippen molar-refractivity contribution in [2.24, 2.45) is 5.41 Å². The van der Waals surface area contributed by atoms with Gasteiger partial charge in [-0.2, -0.15) is 0 Å². The lowest BCUT2D eigenvalue weighted by Gasteiger charge is -2.33. The molecule has 0 aliphatic carbocycles. The van der Waals surface area contributed by atoms with Gasteiger partial charge in [0.05, 0.1) is 26.0 Å². The molecule has 1 fully saturated rings. The average Bonchev–Trinajstić information content (AvgIpc) is 2.55. The summed E-state index contributed by atoms with van der Waals surface area (Å²) in [7, 11) is 1.50. The van der Waals surface area contributed by atoms with Gasteiger partial charge in [-0.3, -0.25) is 9.59 Å². The van der Waals surface area contributed by atoms with Crippen molar-refractivity contribution in [1.82, 2.24) is 4.90 Å². The van der Waals surface area contributed by atoms with Crippen LogP contribution in [0, 0.1) is 5.41 Å². The van der Waals surface area contributed by atoms with Crippen LogP contribution in [0.15, 0.2) is 18.2 Å². The lowest BCUT2D eigenvalue weighted by Crippen LogP contribution is -2.51. The Morgan fingerprint density at radius 1 is 1.30 bits per heavy atom. The molecule has 126 valence electrons. The molecule has 0 saturated carbocycles. The lowest BCUT2D eigenvalue weighted by molar-refractivity contribution is -0.149. The molecule has 2 amide bonds. The second kappa shape index (κ2) is 7.19. The van der Waals surface area contributed by atoms with Gasteiger partial charge in [0.25, 0.3) is 0 Å². The summed E-state index contributed by atoms with van der Waals surface area (Å²) in [6, 6.07) is 4.92. The molecule has 1 aromatic carbocycles. The molecule has 1 heterocycles. The number of morpholine rings is 1. The van der Waals surface area contributed by atoms with Gasteiger partial charge >= 0.3 is 0 Å². The first kappa shape index (κ1) is 17.6. The second-order valence-electron chi connectivity index (χ2n) is 5.83. The minimum absolute atomic E-state index is 0.223. The van der Waals surface area contributed by atoms with Crippen LogP contribution in [0.4, 0.5) is 5.69 Å². The smallest absolute Gasteiger partial charge is 0.239 e. The number of benzene rings is 1. The standard InChI is InChI=1S/C16H21ClN2O4/c1-16(2,15(21)19-6-8-23-9-7-19)14(20)18-12-10-11(17)4-5-13(12)22-3/h4-5,10H,6-9H2,1-3H3,(H,18,20). The monoisotopic (exact) mass is 340 g/mol. The van der Waals surface area contributed by atoms with E-state index in [2.05, 4.69) is 5.32 Å². The fourth-order valence-corrected chi connectivity index (χ4v) is 2.49. The number of carbonyl (C=O) groups is 2. The number of halogens is 1. The van der Waals surface area contributed by atoms with E-state index >= 15 is 0 Å². The number of rotatable bonds is 4. The van der Waals surface area contributed by atoms with Crippen LogP contribution in [0.25, 0.3) is 0 Å². The molecule has 0 unspecified atom stereocenters. The number of hydrogen-bond donors (Lipinski definition) is 1. The third kappa shape index (κ3) is 3.95. The number of methoxy groups -OCH3 is 1. The molecule has 0 aromatic heterocycles. The van der Waals surface area contributed by atoms with Gasteiger partial charge in [-0.05, 0) is 32.0 Å². The van der Waals surface area contributed by atoms with E-state index in [4.69, 9.17) is 21.1 Å². The van der Waals surface area contributed by atoms with E-state index in [9.17, 15) is 9.59 Å². The van der Waals surface area contributed by atoms with Crippen LogP contribution in [-0.2, 0) is 14.3 Å². The molecule has 1 aromatic rings. The minimum atomic E-state index is -1.20. The van der Waals surface area contributed by atoms with Gasteiger partial charge in [-0.15, -0.1) is 0 Å². The molecule has 6 nitrogen and oxygen atoms in total. The van der Waals surface area contributed by atoms with Gasteiger partial charge in [-0.25, -0.2) is 0 Å². The molecule has 0 spiro atoms. The maximum atomic E-state index is 12.6. The van der Waals surface area contributed by atoms with Crippen LogP contribution >= 0.6 is 11.6 Å². The van der Waals surface area contributed by atoms with E-state index in [1.54, 1.807) is 36.9 Å². The zero-order valence-electron chi connectivity index (χ0n) is 13.5. The van der Waals surface area contributed by atoms with Crippen molar-refractivity contribution < 1.29 is 19.1 Å². The van der Waals surface area contributed by atoms with Crippen molar-refractivity contribution >= 4 is 29.1 Å². The third-order valence-electron chi connectivity index (χ3n) is 3.81.